The van der Waals surface area contributed by atoms with Crippen molar-refractivity contribution in [2.24, 2.45) is 5.73 Å². The van der Waals surface area contributed by atoms with Crippen molar-refractivity contribution in [2.45, 2.75) is 38.5 Å². The molecule has 1 rings (SSSR count). The Morgan fingerprint density at radius 3 is 2.14 bits per heavy atom. The van der Waals surface area contributed by atoms with Gasteiger partial charge < -0.3 is 10.6 Å². The number of benzene rings is 1. The van der Waals surface area contributed by atoms with Crippen LogP contribution in [0.15, 0.2) is 24.3 Å². The zero-order chi connectivity index (χ0) is 16.4. The van der Waals surface area contributed by atoms with Crippen molar-refractivity contribution in [3.63, 3.8) is 0 Å². The van der Waals surface area contributed by atoms with Crippen LogP contribution in [-0.4, -0.2) is 29.1 Å². The minimum Gasteiger partial charge on any atom is -0.334 e. The number of rotatable bonds is 4. The molecule has 118 valence electrons. The first-order valence-electron chi connectivity index (χ1n) is 6.44. The van der Waals surface area contributed by atoms with Gasteiger partial charge in [0.1, 0.15) is 5.82 Å². The maximum atomic E-state index is 12.9. The fraction of sp³-hybridized carbons (Fsp3) is 0.500. The lowest BCUT2D eigenvalue weighted by atomic mass is 9.98. The van der Waals surface area contributed by atoms with E-state index in [0.717, 1.165) is 4.90 Å². The van der Waals surface area contributed by atoms with Crippen LogP contribution in [0.3, 0.4) is 0 Å². The van der Waals surface area contributed by atoms with Gasteiger partial charge in [0.2, 0.25) is 0 Å². The molecule has 0 saturated heterocycles. The Morgan fingerprint density at radius 2 is 1.76 bits per heavy atom. The van der Waals surface area contributed by atoms with Crippen molar-refractivity contribution in [3.8, 4) is 0 Å². The summed E-state index contributed by atoms with van der Waals surface area (Å²) in [6.45, 7) is 3.83. The zero-order valence-electron chi connectivity index (χ0n) is 12.0. The lowest BCUT2D eigenvalue weighted by Crippen LogP contribution is -2.62. The maximum absolute atomic E-state index is 12.9. The summed E-state index contributed by atoms with van der Waals surface area (Å²) in [7, 11) is 0. The minimum atomic E-state index is -4.85. The van der Waals surface area contributed by atoms with Gasteiger partial charge in [-0.3, -0.25) is 4.79 Å². The van der Waals surface area contributed by atoms with Gasteiger partial charge in [-0.2, -0.15) is 13.2 Å². The molecule has 7 heteroatoms. The van der Waals surface area contributed by atoms with Crippen LogP contribution in [0.25, 0.3) is 0 Å². The summed E-state index contributed by atoms with van der Waals surface area (Å²) in [6.07, 6.45) is -4.85. The van der Waals surface area contributed by atoms with Crippen molar-refractivity contribution >= 4 is 5.91 Å². The van der Waals surface area contributed by atoms with Crippen LogP contribution in [0.5, 0.6) is 0 Å². The fourth-order valence-corrected chi connectivity index (χ4v) is 1.93. The molecule has 0 fully saturated rings. The van der Waals surface area contributed by atoms with Crippen LogP contribution < -0.4 is 5.73 Å². The average molecular weight is 306 g/mol. The summed E-state index contributed by atoms with van der Waals surface area (Å²) in [5.74, 6) is -1.67. The lowest BCUT2D eigenvalue weighted by molar-refractivity contribution is -0.194. The van der Waals surface area contributed by atoms with Gasteiger partial charge in [-0.15, -0.1) is 0 Å². The molecule has 2 atom stereocenters. The molecule has 0 spiro atoms. The smallest absolute Gasteiger partial charge is 0.334 e. The lowest BCUT2D eigenvalue weighted by Gasteiger charge is -2.36. The Balaban J connectivity index is 3.07. The topological polar surface area (TPSA) is 46.3 Å². The van der Waals surface area contributed by atoms with Crippen LogP contribution in [0.1, 0.15) is 32.4 Å². The van der Waals surface area contributed by atoms with Crippen LogP contribution in [0.2, 0.25) is 0 Å². The molecule has 0 aliphatic carbocycles. The van der Waals surface area contributed by atoms with E-state index in [1.165, 1.54) is 24.3 Å². The Bertz CT molecular complexity index is 497. The van der Waals surface area contributed by atoms with E-state index in [4.69, 9.17) is 5.73 Å². The molecule has 0 aliphatic rings. The number of hydrogen-bond donors (Lipinski definition) is 1. The monoisotopic (exact) mass is 306 g/mol. The average Bonchev–Trinajstić information content (AvgIpc) is 2.38. The third-order valence-electron chi connectivity index (χ3n) is 3.45. The van der Waals surface area contributed by atoms with Crippen LogP contribution in [0, 0.1) is 5.82 Å². The van der Waals surface area contributed by atoms with Crippen molar-refractivity contribution in [2.75, 3.05) is 6.54 Å². The molecular formula is C14H18F4N2O. The standard InChI is InChI=1S/C14H18F4N2O/c1-4-20(12(21)13(3,19)14(16,17)18)9(2)10-5-7-11(15)8-6-10/h5-9H,4,19H2,1-3H3. The molecule has 2 N–H and O–H groups in total. The fourth-order valence-electron chi connectivity index (χ4n) is 1.93. The quantitative estimate of drug-likeness (QED) is 0.869. The molecular weight excluding hydrogens is 288 g/mol. The van der Waals surface area contributed by atoms with Gasteiger partial charge in [0.15, 0.2) is 5.54 Å². The van der Waals surface area contributed by atoms with E-state index in [0.29, 0.717) is 12.5 Å². The second-order valence-corrected chi connectivity index (χ2v) is 5.02. The molecule has 0 heterocycles. The predicted molar refractivity (Wildman–Crippen MR) is 70.8 cm³/mol. The molecule has 0 aromatic heterocycles. The van der Waals surface area contributed by atoms with Gasteiger partial charge in [-0.1, -0.05) is 12.1 Å². The Morgan fingerprint density at radius 1 is 1.29 bits per heavy atom. The number of carbonyl (C=O) groups excluding carboxylic acids is 1. The highest BCUT2D eigenvalue weighted by atomic mass is 19.4. The normalized spacial score (nSPS) is 16.2. The third-order valence-corrected chi connectivity index (χ3v) is 3.45. The molecule has 0 aliphatic heterocycles. The summed E-state index contributed by atoms with van der Waals surface area (Å²) in [4.78, 5) is 13.2. The van der Waals surface area contributed by atoms with Crippen LogP contribution >= 0.6 is 0 Å². The second-order valence-electron chi connectivity index (χ2n) is 5.02. The van der Waals surface area contributed by atoms with E-state index in [1.807, 2.05) is 0 Å². The molecule has 0 bridgehead atoms. The van der Waals surface area contributed by atoms with E-state index in [1.54, 1.807) is 13.8 Å². The highest BCUT2D eigenvalue weighted by Gasteiger charge is 2.55. The number of amides is 1. The SMILES string of the molecule is CCN(C(=O)C(C)(N)C(F)(F)F)C(C)c1ccc(F)cc1. The van der Waals surface area contributed by atoms with Gasteiger partial charge >= 0.3 is 6.18 Å². The van der Waals surface area contributed by atoms with Crippen molar-refractivity contribution in [3.05, 3.63) is 35.6 Å². The van der Waals surface area contributed by atoms with Crippen molar-refractivity contribution < 1.29 is 22.4 Å². The predicted octanol–water partition coefficient (Wildman–Crippen LogP) is 3.01. The number of hydrogen-bond acceptors (Lipinski definition) is 2. The molecule has 2 unspecified atom stereocenters. The van der Waals surface area contributed by atoms with E-state index < -0.39 is 29.5 Å². The number of nitrogens with two attached hydrogens (primary N) is 1. The first-order valence-corrected chi connectivity index (χ1v) is 6.44. The molecule has 1 amide bonds. The Labute approximate surface area is 120 Å². The maximum Gasteiger partial charge on any atom is 0.415 e. The van der Waals surface area contributed by atoms with Gasteiger partial charge in [-0.25, -0.2) is 4.39 Å². The van der Waals surface area contributed by atoms with Gasteiger partial charge in [-0.05, 0) is 38.5 Å². The highest BCUT2D eigenvalue weighted by Crippen LogP contribution is 2.32. The van der Waals surface area contributed by atoms with E-state index >= 15 is 0 Å². The summed E-state index contributed by atoms with van der Waals surface area (Å²) >= 11 is 0. The molecule has 0 radical (unpaired) electrons. The van der Waals surface area contributed by atoms with Crippen LogP contribution in [0.4, 0.5) is 17.6 Å². The first-order chi connectivity index (χ1) is 9.52. The first kappa shape index (κ1) is 17.4. The van der Waals surface area contributed by atoms with Gasteiger partial charge in [0.25, 0.3) is 5.91 Å². The Hall–Kier alpha value is -1.63. The van der Waals surface area contributed by atoms with Crippen molar-refractivity contribution in [1.82, 2.24) is 4.90 Å². The van der Waals surface area contributed by atoms with Gasteiger partial charge in [0.05, 0.1) is 6.04 Å². The van der Waals surface area contributed by atoms with Crippen LogP contribution in [-0.2, 0) is 4.79 Å². The largest absolute Gasteiger partial charge is 0.415 e. The summed E-state index contributed by atoms with van der Waals surface area (Å²) in [5, 5.41) is 0. The molecule has 1 aromatic rings. The Kier molecular flexibility index (Phi) is 4.99. The summed E-state index contributed by atoms with van der Waals surface area (Å²) in [6, 6.07) is 4.59. The molecule has 1 aromatic carbocycles. The molecule has 0 saturated carbocycles. The van der Waals surface area contributed by atoms with E-state index in [2.05, 4.69) is 0 Å². The number of halogens is 4. The summed E-state index contributed by atoms with van der Waals surface area (Å²) < 4.78 is 51.5. The van der Waals surface area contributed by atoms with Gasteiger partial charge in [0, 0.05) is 6.54 Å². The number of carbonyl (C=O) groups is 1. The highest BCUT2D eigenvalue weighted by molar-refractivity contribution is 5.87. The summed E-state index contributed by atoms with van der Waals surface area (Å²) in [5.41, 5.74) is 2.75. The van der Waals surface area contributed by atoms with E-state index in [9.17, 15) is 22.4 Å². The number of nitrogens with zero attached hydrogens (tertiary/aromatic N) is 1. The number of alkyl halides is 3. The molecule has 3 nitrogen and oxygen atoms in total. The number of likely N-dealkylation sites (N-methyl/N-ethyl adjacent to an activating group) is 1. The molecule has 21 heavy (non-hydrogen) atoms. The zero-order valence-corrected chi connectivity index (χ0v) is 12.0. The second kappa shape index (κ2) is 6.01. The van der Waals surface area contributed by atoms with E-state index in [-0.39, 0.29) is 6.54 Å². The minimum absolute atomic E-state index is 0.0558. The van der Waals surface area contributed by atoms with Crippen molar-refractivity contribution in [1.29, 1.82) is 0 Å². The third kappa shape index (κ3) is 3.53.